The van der Waals surface area contributed by atoms with Gasteiger partial charge >= 0.3 is 0 Å². The van der Waals surface area contributed by atoms with Gasteiger partial charge in [-0.15, -0.1) is 16.4 Å². The Morgan fingerprint density at radius 2 is 1.93 bits per heavy atom. The highest BCUT2D eigenvalue weighted by Crippen LogP contribution is 2.27. The molecule has 4 aromatic rings. The summed E-state index contributed by atoms with van der Waals surface area (Å²) in [6.07, 6.45) is 0. The predicted octanol–water partition coefficient (Wildman–Crippen LogP) is 5.42. The van der Waals surface area contributed by atoms with E-state index >= 15 is 0 Å². The molecule has 2 aromatic carbocycles. The van der Waals surface area contributed by atoms with Crippen LogP contribution in [0, 0.1) is 13.8 Å². The number of benzene rings is 2. The third-order valence-corrected chi connectivity index (χ3v) is 5.96. The molecule has 1 N–H and O–H groups in total. The molecule has 0 aliphatic rings. The number of aryl methyl sites for hydroxylation is 2. The fraction of sp³-hybridized carbons (Fsp3) is 0.190. The topological polar surface area (TPSA) is 63.7 Å². The van der Waals surface area contributed by atoms with Gasteiger partial charge in [0.1, 0.15) is 17.4 Å². The zero-order valence-electron chi connectivity index (χ0n) is 15.7. The van der Waals surface area contributed by atoms with E-state index in [1.54, 1.807) is 23.1 Å². The molecule has 0 aliphatic heterocycles. The van der Waals surface area contributed by atoms with Crippen LogP contribution >= 0.6 is 23.1 Å². The zero-order chi connectivity index (χ0) is 19.3. The van der Waals surface area contributed by atoms with Crippen LogP contribution in [0.3, 0.4) is 0 Å². The van der Waals surface area contributed by atoms with E-state index in [-0.39, 0.29) is 0 Å². The van der Waals surface area contributed by atoms with Gasteiger partial charge in [0, 0.05) is 16.7 Å². The van der Waals surface area contributed by atoms with Crippen LogP contribution < -0.4 is 4.74 Å². The van der Waals surface area contributed by atoms with Crippen molar-refractivity contribution in [1.82, 2.24) is 20.2 Å². The zero-order valence-corrected chi connectivity index (χ0v) is 17.3. The van der Waals surface area contributed by atoms with Crippen LogP contribution in [0.1, 0.15) is 22.6 Å². The van der Waals surface area contributed by atoms with E-state index in [0.29, 0.717) is 17.6 Å². The van der Waals surface area contributed by atoms with Gasteiger partial charge in [0.25, 0.3) is 0 Å². The van der Waals surface area contributed by atoms with Crippen molar-refractivity contribution in [2.45, 2.75) is 31.4 Å². The van der Waals surface area contributed by atoms with Crippen molar-refractivity contribution in [3.05, 3.63) is 76.6 Å². The molecular weight excluding hydrogens is 388 g/mol. The van der Waals surface area contributed by atoms with Gasteiger partial charge in [0.05, 0.1) is 5.69 Å². The van der Waals surface area contributed by atoms with Crippen LogP contribution in [0.4, 0.5) is 0 Å². The van der Waals surface area contributed by atoms with Crippen molar-refractivity contribution in [1.29, 1.82) is 0 Å². The van der Waals surface area contributed by atoms with Gasteiger partial charge in [0.2, 0.25) is 5.16 Å². The normalized spacial score (nSPS) is 10.9. The van der Waals surface area contributed by atoms with E-state index < -0.39 is 0 Å². The Morgan fingerprint density at radius 1 is 1.07 bits per heavy atom. The van der Waals surface area contributed by atoms with Crippen LogP contribution in [0.15, 0.2) is 59.1 Å². The average molecular weight is 409 g/mol. The average Bonchev–Trinajstić information content (AvgIpc) is 3.37. The van der Waals surface area contributed by atoms with Crippen LogP contribution in [0.5, 0.6) is 5.75 Å². The number of hydrogen-bond donors (Lipinski definition) is 1. The van der Waals surface area contributed by atoms with E-state index in [2.05, 4.69) is 51.8 Å². The third-order valence-electron chi connectivity index (χ3n) is 4.14. The number of nitrogens with one attached hydrogen (secondary N) is 1. The number of thiazole rings is 1. The Labute approximate surface area is 172 Å². The lowest BCUT2D eigenvalue weighted by Crippen LogP contribution is -1.99. The summed E-state index contributed by atoms with van der Waals surface area (Å²) in [5.74, 6) is 2.33. The fourth-order valence-electron chi connectivity index (χ4n) is 2.64. The van der Waals surface area contributed by atoms with Gasteiger partial charge < -0.3 is 4.74 Å². The molecule has 0 saturated heterocycles. The first-order chi connectivity index (χ1) is 13.7. The molecule has 0 atom stereocenters. The molecule has 142 valence electrons. The molecule has 4 rings (SSSR count). The molecule has 28 heavy (non-hydrogen) atoms. The molecule has 0 radical (unpaired) electrons. The Morgan fingerprint density at radius 3 is 2.79 bits per heavy atom. The maximum absolute atomic E-state index is 5.88. The first-order valence-electron chi connectivity index (χ1n) is 8.91. The van der Waals surface area contributed by atoms with Gasteiger partial charge in [-0.25, -0.2) is 9.97 Å². The summed E-state index contributed by atoms with van der Waals surface area (Å²) in [5, 5.41) is 11.1. The first kappa shape index (κ1) is 18.7. The number of nitrogens with zero attached hydrogens (tertiary/aromatic N) is 3. The van der Waals surface area contributed by atoms with Crippen LogP contribution in [-0.2, 0) is 12.4 Å². The molecule has 0 bridgehead atoms. The highest BCUT2D eigenvalue weighted by molar-refractivity contribution is 7.98. The van der Waals surface area contributed by atoms with E-state index in [1.807, 2.05) is 31.2 Å². The van der Waals surface area contributed by atoms with Crippen molar-refractivity contribution >= 4 is 23.1 Å². The highest BCUT2D eigenvalue weighted by Gasteiger charge is 2.09. The molecule has 7 heteroatoms. The van der Waals surface area contributed by atoms with Gasteiger partial charge in [-0.05, 0) is 31.0 Å². The Balaban J connectivity index is 1.33. The number of rotatable bonds is 7. The molecule has 2 aromatic heterocycles. The minimum absolute atomic E-state index is 0.368. The summed E-state index contributed by atoms with van der Waals surface area (Å²) in [4.78, 5) is 9.21. The number of aromatic nitrogens is 4. The fourth-order valence-corrected chi connectivity index (χ4v) is 4.28. The Bertz CT molecular complexity index is 1060. The lowest BCUT2D eigenvalue weighted by molar-refractivity contribution is 0.294. The third kappa shape index (κ3) is 4.61. The quantitative estimate of drug-likeness (QED) is 0.414. The minimum Gasteiger partial charge on any atom is -0.485 e. The largest absolute Gasteiger partial charge is 0.485 e. The predicted molar refractivity (Wildman–Crippen MR) is 114 cm³/mol. The second-order valence-electron chi connectivity index (χ2n) is 6.42. The summed E-state index contributed by atoms with van der Waals surface area (Å²) in [6.45, 7) is 4.46. The number of H-pyrrole nitrogens is 1. The van der Waals surface area contributed by atoms with Gasteiger partial charge in [-0.2, -0.15) is 0 Å². The van der Waals surface area contributed by atoms with Crippen LogP contribution in [0.25, 0.3) is 10.6 Å². The molecule has 5 nitrogen and oxygen atoms in total. The number of thioether (sulfide) groups is 1. The molecule has 0 saturated carbocycles. The van der Waals surface area contributed by atoms with Gasteiger partial charge in [0.15, 0.2) is 5.82 Å². The van der Waals surface area contributed by atoms with Gasteiger partial charge in [-0.3, -0.25) is 5.10 Å². The SMILES string of the molecule is Cc1ccc(C)c(OCc2nc(SCc3csc(-c4ccccc4)n3)n[nH]2)c1. The smallest absolute Gasteiger partial charge is 0.208 e. The van der Waals surface area contributed by atoms with Crippen molar-refractivity contribution < 1.29 is 4.74 Å². The standard InChI is InChI=1S/C21H20N4OS2/c1-14-8-9-15(2)18(10-14)26-11-19-23-21(25-24-19)28-13-17-12-27-20(22-17)16-6-4-3-5-7-16/h3-10,12H,11,13H2,1-2H3,(H,23,24,25). The molecular formula is C21H20N4OS2. The highest BCUT2D eigenvalue weighted by atomic mass is 32.2. The van der Waals surface area contributed by atoms with E-state index in [4.69, 9.17) is 9.72 Å². The number of aromatic amines is 1. The number of ether oxygens (including phenoxy) is 1. The monoisotopic (exact) mass is 408 g/mol. The van der Waals surface area contributed by atoms with Gasteiger partial charge in [-0.1, -0.05) is 54.2 Å². The second kappa shape index (κ2) is 8.58. The van der Waals surface area contributed by atoms with E-state index in [9.17, 15) is 0 Å². The van der Waals surface area contributed by atoms with Crippen LogP contribution in [0.2, 0.25) is 0 Å². The molecule has 0 spiro atoms. The maximum atomic E-state index is 5.88. The van der Waals surface area contributed by atoms with Crippen molar-refractivity contribution in [3.8, 4) is 16.3 Å². The summed E-state index contributed by atoms with van der Waals surface area (Å²) in [6, 6.07) is 16.4. The van der Waals surface area contributed by atoms with Crippen LogP contribution in [-0.4, -0.2) is 20.2 Å². The van der Waals surface area contributed by atoms with Crippen molar-refractivity contribution in [2.24, 2.45) is 0 Å². The first-order valence-corrected chi connectivity index (χ1v) is 10.8. The summed E-state index contributed by atoms with van der Waals surface area (Å²) in [7, 11) is 0. The summed E-state index contributed by atoms with van der Waals surface area (Å²) < 4.78 is 5.88. The molecule has 0 fully saturated rings. The summed E-state index contributed by atoms with van der Waals surface area (Å²) in [5.41, 5.74) is 4.46. The Hall–Kier alpha value is -2.64. The Kier molecular flexibility index (Phi) is 5.73. The maximum Gasteiger partial charge on any atom is 0.208 e. The molecule has 0 aliphatic carbocycles. The van der Waals surface area contributed by atoms with Crippen molar-refractivity contribution in [3.63, 3.8) is 0 Å². The second-order valence-corrected chi connectivity index (χ2v) is 8.22. The number of hydrogen-bond acceptors (Lipinski definition) is 6. The minimum atomic E-state index is 0.368. The van der Waals surface area contributed by atoms with Crippen molar-refractivity contribution in [2.75, 3.05) is 0 Å². The molecule has 0 unspecified atom stereocenters. The lowest BCUT2D eigenvalue weighted by atomic mass is 10.1. The molecule has 0 amide bonds. The summed E-state index contributed by atoms with van der Waals surface area (Å²) >= 11 is 3.22. The van der Waals surface area contributed by atoms with E-state index in [0.717, 1.165) is 33.3 Å². The molecule has 2 heterocycles. The lowest BCUT2D eigenvalue weighted by Gasteiger charge is -2.08. The van der Waals surface area contributed by atoms with E-state index in [1.165, 1.54) is 5.56 Å².